The molecule has 1 amide bonds. The molecule has 28 heavy (non-hydrogen) atoms. The van der Waals surface area contributed by atoms with Gasteiger partial charge >= 0.3 is 5.69 Å². The van der Waals surface area contributed by atoms with E-state index in [4.69, 9.17) is 4.74 Å². The van der Waals surface area contributed by atoms with Crippen LogP contribution in [0.2, 0.25) is 0 Å². The lowest BCUT2D eigenvalue weighted by atomic mass is 10.1. The van der Waals surface area contributed by atoms with Crippen LogP contribution in [0.1, 0.15) is 56.6 Å². The maximum Gasteiger partial charge on any atom is 0.311 e. The van der Waals surface area contributed by atoms with Gasteiger partial charge in [-0.05, 0) is 42.8 Å². The Morgan fingerprint density at radius 2 is 1.71 bits per heavy atom. The van der Waals surface area contributed by atoms with E-state index >= 15 is 0 Å². The number of nitrogens with zero attached hydrogens (tertiary/aromatic N) is 2. The Hall–Kier alpha value is -2.93. The zero-order chi connectivity index (χ0) is 21.9. The van der Waals surface area contributed by atoms with E-state index < -0.39 is 11.0 Å². The van der Waals surface area contributed by atoms with E-state index in [9.17, 15) is 20.0 Å². The third-order valence-electron chi connectivity index (χ3n) is 3.38. The number of carbonyl (C=O) groups is 1. The molecule has 0 fully saturated rings. The number of rotatable bonds is 5. The molecule has 154 valence electrons. The fraction of sp³-hybridized carbons (Fsp3) is 0.381. The summed E-state index contributed by atoms with van der Waals surface area (Å²) in [5.74, 6) is 0.106. The van der Waals surface area contributed by atoms with Gasteiger partial charge in [-0.1, -0.05) is 33.8 Å². The van der Waals surface area contributed by atoms with Gasteiger partial charge in [-0.25, -0.2) is 0 Å². The summed E-state index contributed by atoms with van der Waals surface area (Å²) in [7, 11) is 3.26. The molecular formula is C21H30N2O5. The third-order valence-corrected chi connectivity index (χ3v) is 3.38. The van der Waals surface area contributed by atoms with Crippen LogP contribution in [0, 0.1) is 10.1 Å². The number of hydrogen-bond donors (Lipinski definition) is 1. The SMILES string of the molecule is CC.CC.CC(O)c1ccc([N+](=O)[O-])c(Oc2cccc(C(=O)N(C)C)c2)c1. The van der Waals surface area contributed by atoms with Crippen molar-refractivity contribution in [1.29, 1.82) is 0 Å². The molecule has 7 nitrogen and oxygen atoms in total. The van der Waals surface area contributed by atoms with Gasteiger partial charge in [-0.3, -0.25) is 14.9 Å². The number of benzene rings is 2. The van der Waals surface area contributed by atoms with Crippen LogP contribution >= 0.6 is 0 Å². The van der Waals surface area contributed by atoms with Crippen molar-refractivity contribution in [3.05, 3.63) is 63.7 Å². The second-order valence-electron chi connectivity index (χ2n) is 5.49. The summed E-state index contributed by atoms with van der Waals surface area (Å²) in [6, 6.07) is 10.6. The van der Waals surface area contributed by atoms with Crippen LogP contribution in [0.4, 0.5) is 5.69 Å². The third kappa shape index (κ3) is 7.00. The van der Waals surface area contributed by atoms with E-state index in [1.54, 1.807) is 39.2 Å². The zero-order valence-electron chi connectivity index (χ0n) is 17.6. The summed E-state index contributed by atoms with van der Waals surface area (Å²) in [5.41, 5.74) is 0.687. The van der Waals surface area contributed by atoms with E-state index in [0.29, 0.717) is 16.9 Å². The molecule has 0 saturated carbocycles. The maximum absolute atomic E-state index is 12.0. The first-order valence-corrected chi connectivity index (χ1v) is 9.25. The smallest absolute Gasteiger partial charge is 0.311 e. The predicted octanol–water partition coefficient (Wildman–Crippen LogP) is 5.19. The number of nitro groups is 1. The lowest BCUT2D eigenvalue weighted by Gasteiger charge is -2.13. The average Bonchev–Trinajstić information content (AvgIpc) is 2.70. The number of ether oxygens (including phenoxy) is 1. The van der Waals surface area contributed by atoms with Crippen molar-refractivity contribution in [3.8, 4) is 11.5 Å². The highest BCUT2D eigenvalue weighted by molar-refractivity contribution is 5.94. The Morgan fingerprint density at radius 1 is 1.11 bits per heavy atom. The highest BCUT2D eigenvalue weighted by Gasteiger charge is 2.18. The molecule has 0 radical (unpaired) electrons. The molecule has 0 saturated heterocycles. The second-order valence-corrected chi connectivity index (χ2v) is 5.49. The molecule has 1 unspecified atom stereocenters. The lowest BCUT2D eigenvalue weighted by Crippen LogP contribution is -2.21. The van der Waals surface area contributed by atoms with Crippen molar-refractivity contribution in [2.75, 3.05) is 14.1 Å². The van der Waals surface area contributed by atoms with Crippen molar-refractivity contribution in [2.45, 2.75) is 40.7 Å². The molecule has 1 atom stereocenters. The Bertz CT molecular complexity index is 773. The Labute approximate surface area is 166 Å². The largest absolute Gasteiger partial charge is 0.450 e. The molecular weight excluding hydrogens is 360 g/mol. The van der Waals surface area contributed by atoms with E-state index in [2.05, 4.69) is 0 Å². The molecule has 0 aliphatic rings. The van der Waals surface area contributed by atoms with Gasteiger partial charge in [0.25, 0.3) is 5.91 Å². The van der Waals surface area contributed by atoms with Gasteiger partial charge in [0.05, 0.1) is 11.0 Å². The fourth-order valence-electron chi connectivity index (χ4n) is 2.10. The van der Waals surface area contributed by atoms with Gasteiger partial charge in [-0.15, -0.1) is 0 Å². The molecule has 0 spiro atoms. The number of hydrogen-bond acceptors (Lipinski definition) is 5. The zero-order valence-corrected chi connectivity index (χ0v) is 17.6. The van der Waals surface area contributed by atoms with Crippen molar-refractivity contribution < 1.29 is 19.6 Å². The van der Waals surface area contributed by atoms with Crippen molar-refractivity contribution >= 4 is 11.6 Å². The minimum absolute atomic E-state index is 0.00727. The first-order chi connectivity index (χ1) is 13.3. The molecule has 0 aliphatic heterocycles. The predicted molar refractivity (Wildman–Crippen MR) is 111 cm³/mol. The summed E-state index contributed by atoms with van der Waals surface area (Å²) in [4.78, 5) is 24.0. The van der Waals surface area contributed by atoms with Crippen molar-refractivity contribution in [3.63, 3.8) is 0 Å². The minimum atomic E-state index is -0.783. The van der Waals surface area contributed by atoms with Crippen molar-refractivity contribution in [1.82, 2.24) is 4.90 Å². The molecule has 1 N–H and O–H groups in total. The highest BCUT2D eigenvalue weighted by Crippen LogP contribution is 2.34. The van der Waals surface area contributed by atoms with Gasteiger partial charge < -0.3 is 14.7 Å². The average molecular weight is 390 g/mol. The van der Waals surface area contributed by atoms with Crippen LogP contribution in [0.15, 0.2) is 42.5 Å². The van der Waals surface area contributed by atoms with Crippen LogP contribution in [-0.2, 0) is 0 Å². The van der Waals surface area contributed by atoms with E-state index in [1.165, 1.54) is 29.2 Å². The monoisotopic (exact) mass is 390 g/mol. The van der Waals surface area contributed by atoms with E-state index in [1.807, 2.05) is 27.7 Å². The molecule has 0 bridgehead atoms. The summed E-state index contributed by atoms with van der Waals surface area (Å²) < 4.78 is 5.61. The molecule has 0 aromatic heterocycles. The van der Waals surface area contributed by atoms with Crippen molar-refractivity contribution in [2.24, 2.45) is 0 Å². The Balaban J connectivity index is 0.00000171. The summed E-state index contributed by atoms with van der Waals surface area (Å²) in [5, 5.41) is 20.8. The van der Waals surface area contributed by atoms with E-state index in [-0.39, 0.29) is 17.3 Å². The highest BCUT2D eigenvalue weighted by atomic mass is 16.6. The second kappa shape index (κ2) is 12.5. The molecule has 2 aromatic rings. The molecule has 2 rings (SSSR count). The first-order valence-electron chi connectivity index (χ1n) is 9.25. The van der Waals surface area contributed by atoms with E-state index in [0.717, 1.165) is 0 Å². The molecule has 0 heterocycles. The van der Waals surface area contributed by atoms with Crippen LogP contribution in [0.25, 0.3) is 0 Å². The normalized spacial score (nSPS) is 10.4. The summed E-state index contributed by atoms with van der Waals surface area (Å²) in [6.45, 7) is 9.56. The van der Waals surface area contributed by atoms with Crippen LogP contribution in [-0.4, -0.2) is 34.9 Å². The Morgan fingerprint density at radius 3 is 2.21 bits per heavy atom. The van der Waals surface area contributed by atoms with Crippen LogP contribution in [0.3, 0.4) is 0 Å². The lowest BCUT2D eigenvalue weighted by molar-refractivity contribution is -0.385. The van der Waals surface area contributed by atoms with Gasteiger partial charge in [0, 0.05) is 25.7 Å². The first kappa shape index (κ1) is 25.1. The molecule has 7 heteroatoms. The number of amides is 1. The Kier molecular flexibility index (Phi) is 11.2. The van der Waals surface area contributed by atoms with Crippen LogP contribution in [0.5, 0.6) is 11.5 Å². The standard InChI is InChI=1S/C17H18N2O5.2C2H6/c1-11(20)12-7-8-15(19(22)23)16(10-12)24-14-6-4-5-13(9-14)17(21)18(2)3;2*1-2/h4-11,20H,1-3H3;2*1-2H3. The minimum Gasteiger partial charge on any atom is -0.450 e. The maximum atomic E-state index is 12.0. The van der Waals surface area contributed by atoms with Gasteiger partial charge in [0.15, 0.2) is 0 Å². The fourth-order valence-corrected chi connectivity index (χ4v) is 2.10. The molecule has 0 aliphatic carbocycles. The topological polar surface area (TPSA) is 92.9 Å². The summed E-state index contributed by atoms with van der Waals surface area (Å²) >= 11 is 0. The number of carbonyl (C=O) groups excluding carboxylic acids is 1. The number of aliphatic hydroxyl groups is 1. The van der Waals surface area contributed by atoms with Gasteiger partial charge in [-0.2, -0.15) is 0 Å². The van der Waals surface area contributed by atoms with Gasteiger partial charge in [0.2, 0.25) is 5.75 Å². The van der Waals surface area contributed by atoms with Gasteiger partial charge in [0.1, 0.15) is 5.75 Å². The summed E-state index contributed by atoms with van der Waals surface area (Å²) in [6.07, 6.45) is -0.783. The quantitative estimate of drug-likeness (QED) is 0.560. The number of aliphatic hydroxyl groups excluding tert-OH is 1. The van der Waals surface area contributed by atoms with Crippen LogP contribution < -0.4 is 4.74 Å². The number of nitro benzene ring substituents is 1. The molecule has 2 aromatic carbocycles.